The Balaban J connectivity index is 1.98. The Hall–Kier alpha value is -2.49. The number of anilines is 1. The molecule has 0 heterocycles. The third-order valence-electron chi connectivity index (χ3n) is 2.78. The molecule has 104 valence electrons. The number of carbonyl (C=O) groups excluding carboxylic acids is 1. The summed E-state index contributed by atoms with van der Waals surface area (Å²) in [5.74, 6) is 0.342. The van der Waals surface area contributed by atoms with Crippen molar-refractivity contribution in [2.75, 3.05) is 12.3 Å². The normalized spacial score (nSPS) is 10.1. The number of para-hydroxylation sites is 2. The smallest absolute Gasteiger partial charge is 0.338 e. The first-order valence-corrected chi connectivity index (χ1v) is 6.44. The van der Waals surface area contributed by atoms with Gasteiger partial charge in [0.2, 0.25) is 0 Å². The van der Waals surface area contributed by atoms with Crippen molar-refractivity contribution in [1.29, 1.82) is 0 Å². The molecule has 0 aromatic heterocycles. The Bertz CT molecular complexity index is 579. The number of hydrogen-bond donors (Lipinski definition) is 1. The second kappa shape index (κ2) is 6.61. The summed E-state index contributed by atoms with van der Waals surface area (Å²) in [5, 5.41) is 0. The van der Waals surface area contributed by atoms with E-state index >= 15 is 0 Å². The van der Waals surface area contributed by atoms with Gasteiger partial charge in [-0.05, 0) is 36.8 Å². The van der Waals surface area contributed by atoms with E-state index in [9.17, 15) is 4.79 Å². The van der Waals surface area contributed by atoms with Crippen molar-refractivity contribution in [3.8, 4) is 5.75 Å². The van der Waals surface area contributed by atoms with Crippen molar-refractivity contribution in [1.82, 2.24) is 0 Å². The molecule has 0 aliphatic rings. The molecule has 0 unspecified atom stereocenters. The van der Waals surface area contributed by atoms with Gasteiger partial charge in [0.05, 0.1) is 17.9 Å². The minimum atomic E-state index is -0.313. The zero-order valence-electron chi connectivity index (χ0n) is 11.3. The largest absolute Gasteiger partial charge is 0.487 e. The Morgan fingerprint density at radius 1 is 1.10 bits per heavy atom. The number of nitrogens with two attached hydrogens (primary N) is 1. The molecule has 0 aliphatic carbocycles. The number of hydrogen-bond acceptors (Lipinski definition) is 4. The van der Waals surface area contributed by atoms with Gasteiger partial charge in [0.1, 0.15) is 12.4 Å². The monoisotopic (exact) mass is 271 g/mol. The van der Waals surface area contributed by atoms with Crippen LogP contribution in [0.1, 0.15) is 22.8 Å². The molecule has 0 fully saturated rings. The number of rotatable bonds is 5. The van der Waals surface area contributed by atoms with Crippen LogP contribution in [0, 0.1) is 0 Å². The molecular weight excluding hydrogens is 254 g/mol. The summed E-state index contributed by atoms with van der Waals surface area (Å²) >= 11 is 0. The van der Waals surface area contributed by atoms with Crippen molar-refractivity contribution < 1.29 is 14.3 Å². The lowest BCUT2D eigenvalue weighted by Crippen LogP contribution is -2.05. The maximum Gasteiger partial charge on any atom is 0.338 e. The summed E-state index contributed by atoms with van der Waals surface area (Å²) in [7, 11) is 0. The lowest BCUT2D eigenvalue weighted by Gasteiger charge is -2.09. The highest BCUT2D eigenvalue weighted by atomic mass is 16.5. The second-order valence-electron chi connectivity index (χ2n) is 4.24. The average molecular weight is 271 g/mol. The molecule has 0 amide bonds. The van der Waals surface area contributed by atoms with Crippen LogP contribution in [0.4, 0.5) is 5.69 Å². The third kappa shape index (κ3) is 3.51. The van der Waals surface area contributed by atoms with Gasteiger partial charge < -0.3 is 15.2 Å². The van der Waals surface area contributed by atoms with Gasteiger partial charge in [-0.2, -0.15) is 0 Å². The topological polar surface area (TPSA) is 61.5 Å². The van der Waals surface area contributed by atoms with Crippen LogP contribution in [0.2, 0.25) is 0 Å². The van der Waals surface area contributed by atoms with E-state index < -0.39 is 0 Å². The zero-order chi connectivity index (χ0) is 14.4. The summed E-state index contributed by atoms with van der Waals surface area (Å²) in [6.45, 7) is 2.55. The van der Waals surface area contributed by atoms with E-state index in [4.69, 9.17) is 15.2 Å². The molecule has 0 atom stereocenters. The van der Waals surface area contributed by atoms with Crippen molar-refractivity contribution >= 4 is 11.7 Å². The van der Waals surface area contributed by atoms with Crippen molar-refractivity contribution in [2.45, 2.75) is 13.5 Å². The minimum Gasteiger partial charge on any atom is -0.487 e. The lowest BCUT2D eigenvalue weighted by atomic mass is 10.1. The summed E-state index contributed by atoms with van der Waals surface area (Å²) in [6, 6.07) is 14.5. The molecule has 0 radical (unpaired) electrons. The molecule has 0 bridgehead atoms. The van der Waals surface area contributed by atoms with Gasteiger partial charge in [0.15, 0.2) is 0 Å². The first-order valence-electron chi connectivity index (χ1n) is 6.44. The molecule has 2 N–H and O–H groups in total. The fourth-order valence-corrected chi connectivity index (χ4v) is 1.72. The van der Waals surface area contributed by atoms with Gasteiger partial charge in [-0.3, -0.25) is 0 Å². The maximum atomic E-state index is 11.5. The predicted molar refractivity (Wildman–Crippen MR) is 77.6 cm³/mol. The number of esters is 1. The molecule has 2 aromatic rings. The van der Waals surface area contributed by atoms with Gasteiger partial charge >= 0.3 is 5.97 Å². The Morgan fingerprint density at radius 2 is 1.80 bits per heavy atom. The van der Waals surface area contributed by atoms with E-state index in [1.54, 1.807) is 25.1 Å². The SMILES string of the molecule is CCOC(=O)c1ccc(COc2ccccc2N)cc1. The van der Waals surface area contributed by atoms with E-state index in [0.717, 1.165) is 5.56 Å². The Morgan fingerprint density at radius 3 is 2.45 bits per heavy atom. The van der Waals surface area contributed by atoms with Gasteiger partial charge in [-0.15, -0.1) is 0 Å². The van der Waals surface area contributed by atoms with Gasteiger partial charge in [0.25, 0.3) is 0 Å². The van der Waals surface area contributed by atoms with Crippen LogP contribution < -0.4 is 10.5 Å². The standard InChI is InChI=1S/C16H17NO3/c1-2-19-16(18)13-9-7-12(8-10-13)11-20-15-6-4-3-5-14(15)17/h3-10H,2,11,17H2,1H3. The van der Waals surface area contributed by atoms with E-state index in [1.807, 2.05) is 30.3 Å². The van der Waals surface area contributed by atoms with Crippen LogP contribution in [0.3, 0.4) is 0 Å². The Labute approximate surface area is 118 Å². The molecular formula is C16H17NO3. The van der Waals surface area contributed by atoms with E-state index in [0.29, 0.717) is 30.2 Å². The molecule has 4 nitrogen and oxygen atoms in total. The quantitative estimate of drug-likeness (QED) is 0.670. The number of carbonyl (C=O) groups is 1. The van der Waals surface area contributed by atoms with Crippen LogP contribution in [-0.2, 0) is 11.3 Å². The van der Waals surface area contributed by atoms with Crippen molar-refractivity contribution in [3.05, 3.63) is 59.7 Å². The highest BCUT2D eigenvalue weighted by Crippen LogP contribution is 2.21. The van der Waals surface area contributed by atoms with Crippen LogP contribution in [0.5, 0.6) is 5.75 Å². The van der Waals surface area contributed by atoms with Gasteiger partial charge in [-0.25, -0.2) is 4.79 Å². The second-order valence-corrected chi connectivity index (χ2v) is 4.24. The maximum absolute atomic E-state index is 11.5. The fourth-order valence-electron chi connectivity index (χ4n) is 1.72. The van der Waals surface area contributed by atoms with Crippen LogP contribution in [0.25, 0.3) is 0 Å². The van der Waals surface area contributed by atoms with E-state index in [2.05, 4.69) is 0 Å². The van der Waals surface area contributed by atoms with Crippen LogP contribution >= 0.6 is 0 Å². The van der Waals surface area contributed by atoms with Crippen molar-refractivity contribution in [3.63, 3.8) is 0 Å². The highest BCUT2D eigenvalue weighted by molar-refractivity contribution is 5.89. The zero-order valence-corrected chi connectivity index (χ0v) is 11.3. The lowest BCUT2D eigenvalue weighted by molar-refractivity contribution is 0.0526. The van der Waals surface area contributed by atoms with Crippen molar-refractivity contribution in [2.24, 2.45) is 0 Å². The van der Waals surface area contributed by atoms with E-state index in [1.165, 1.54) is 0 Å². The van der Waals surface area contributed by atoms with E-state index in [-0.39, 0.29) is 5.97 Å². The van der Waals surface area contributed by atoms with Gasteiger partial charge in [-0.1, -0.05) is 24.3 Å². The number of ether oxygens (including phenoxy) is 2. The molecule has 0 saturated carbocycles. The first-order chi connectivity index (χ1) is 9.70. The fraction of sp³-hybridized carbons (Fsp3) is 0.188. The first kappa shape index (κ1) is 13.9. The molecule has 2 rings (SSSR count). The summed E-state index contributed by atoms with van der Waals surface area (Å²) in [6.07, 6.45) is 0. The number of nitrogen functional groups attached to an aromatic ring is 1. The molecule has 0 saturated heterocycles. The summed E-state index contributed by atoms with van der Waals surface area (Å²) in [4.78, 5) is 11.5. The average Bonchev–Trinajstić information content (AvgIpc) is 2.47. The number of benzene rings is 2. The molecule has 2 aromatic carbocycles. The third-order valence-corrected chi connectivity index (χ3v) is 2.78. The molecule has 0 spiro atoms. The Kier molecular flexibility index (Phi) is 4.60. The predicted octanol–water partition coefficient (Wildman–Crippen LogP) is 3.02. The highest BCUT2D eigenvalue weighted by Gasteiger charge is 2.06. The van der Waals surface area contributed by atoms with Crippen LogP contribution in [-0.4, -0.2) is 12.6 Å². The van der Waals surface area contributed by atoms with Gasteiger partial charge in [0, 0.05) is 0 Å². The van der Waals surface area contributed by atoms with Crippen LogP contribution in [0.15, 0.2) is 48.5 Å². The minimum absolute atomic E-state index is 0.313. The summed E-state index contributed by atoms with van der Waals surface area (Å²) < 4.78 is 10.6. The molecule has 0 aliphatic heterocycles. The summed E-state index contributed by atoms with van der Waals surface area (Å²) in [5.41, 5.74) is 7.90. The molecule has 20 heavy (non-hydrogen) atoms. The molecule has 4 heteroatoms.